The van der Waals surface area contributed by atoms with Crippen LogP contribution >= 0.6 is 0 Å². The van der Waals surface area contributed by atoms with Crippen molar-refractivity contribution in [3.63, 3.8) is 0 Å². The van der Waals surface area contributed by atoms with E-state index in [9.17, 15) is 0 Å². The standard InChI is InChI=1S/C54H37N3Si/c1-4-20-38(21-5-1)56-50-34-18-19-35-52(50)58(40-22-6-2-7-23-40,41-24-8-3-9-25-41)53-37-39(55-46-30-14-10-26-42(46)43-27-11-15-31-47(43)55)36-51(54(53)56)57-48-32-16-12-28-44(48)45-29-13-17-33-49(45)57/h1-37H. The van der Waals surface area contributed by atoms with Crippen molar-refractivity contribution in [1.82, 2.24) is 9.13 Å². The van der Waals surface area contributed by atoms with Gasteiger partial charge in [0.15, 0.2) is 8.07 Å². The number of benzene rings is 9. The minimum atomic E-state index is -3.08. The monoisotopic (exact) mass is 755 g/mol. The van der Waals surface area contributed by atoms with Crippen LogP contribution in [0, 0.1) is 0 Å². The molecule has 11 aromatic rings. The van der Waals surface area contributed by atoms with Gasteiger partial charge in [-0.25, -0.2) is 0 Å². The summed E-state index contributed by atoms with van der Waals surface area (Å²) in [6.45, 7) is 0. The lowest BCUT2D eigenvalue weighted by Gasteiger charge is -2.46. The minimum absolute atomic E-state index is 1.13. The molecule has 3 nitrogen and oxygen atoms in total. The second kappa shape index (κ2) is 12.8. The first-order valence-corrected chi connectivity index (χ1v) is 22.0. The zero-order valence-electron chi connectivity index (χ0n) is 31.7. The molecule has 0 aliphatic carbocycles. The fourth-order valence-electron chi connectivity index (χ4n) is 10.1. The maximum Gasteiger partial charge on any atom is 0.184 e. The Morgan fingerprint density at radius 3 is 1.22 bits per heavy atom. The molecule has 12 rings (SSSR count). The van der Waals surface area contributed by atoms with Gasteiger partial charge in [0, 0.05) is 38.6 Å². The molecule has 0 saturated carbocycles. The molecule has 0 fully saturated rings. The van der Waals surface area contributed by atoms with Crippen molar-refractivity contribution in [2.24, 2.45) is 0 Å². The molecule has 0 unspecified atom stereocenters. The molecule has 1 aliphatic rings. The van der Waals surface area contributed by atoms with Gasteiger partial charge in [0.1, 0.15) is 0 Å². The number of hydrogen-bond donors (Lipinski definition) is 0. The lowest BCUT2D eigenvalue weighted by Crippen LogP contribution is -2.77. The van der Waals surface area contributed by atoms with Crippen LogP contribution in [0.15, 0.2) is 224 Å². The van der Waals surface area contributed by atoms with Gasteiger partial charge in [-0.05, 0) is 75.3 Å². The van der Waals surface area contributed by atoms with E-state index < -0.39 is 8.07 Å². The quantitative estimate of drug-likeness (QED) is 0.159. The molecular formula is C54H37N3Si. The van der Waals surface area contributed by atoms with Crippen LogP contribution in [-0.4, -0.2) is 17.2 Å². The summed E-state index contributed by atoms with van der Waals surface area (Å²) in [4.78, 5) is 2.55. The van der Waals surface area contributed by atoms with Crippen LogP contribution in [-0.2, 0) is 0 Å². The molecule has 58 heavy (non-hydrogen) atoms. The van der Waals surface area contributed by atoms with Crippen LogP contribution in [0.3, 0.4) is 0 Å². The molecule has 3 heterocycles. The van der Waals surface area contributed by atoms with Gasteiger partial charge in [0.05, 0.1) is 33.4 Å². The number of aromatic nitrogens is 2. The Labute approximate surface area is 337 Å². The van der Waals surface area contributed by atoms with Crippen LogP contribution in [0.4, 0.5) is 17.1 Å². The minimum Gasteiger partial charge on any atom is -0.309 e. The van der Waals surface area contributed by atoms with Gasteiger partial charge in [-0.1, -0.05) is 170 Å². The van der Waals surface area contributed by atoms with Gasteiger partial charge in [-0.15, -0.1) is 0 Å². The van der Waals surface area contributed by atoms with E-state index >= 15 is 0 Å². The van der Waals surface area contributed by atoms with Gasteiger partial charge < -0.3 is 14.0 Å². The molecule has 0 atom stereocenters. The average molecular weight is 756 g/mol. The molecule has 0 saturated heterocycles. The van der Waals surface area contributed by atoms with Gasteiger partial charge in [-0.3, -0.25) is 0 Å². The van der Waals surface area contributed by atoms with E-state index in [0.717, 1.165) is 17.1 Å². The fraction of sp³-hybridized carbons (Fsp3) is 0. The predicted molar refractivity (Wildman–Crippen MR) is 247 cm³/mol. The first-order chi connectivity index (χ1) is 28.8. The maximum absolute atomic E-state index is 3.08. The summed E-state index contributed by atoms with van der Waals surface area (Å²) in [7, 11) is -3.08. The molecule has 9 aromatic carbocycles. The Balaban J connectivity index is 1.36. The predicted octanol–water partition coefficient (Wildman–Crippen LogP) is 11.0. The second-order valence-electron chi connectivity index (χ2n) is 15.3. The lowest BCUT2D eigenvalue weighted by atomic mass is 10.1. The highest BCUT2D eigenvalue weighted by Crippen LogP contribution is 2.45. The number of fused-ring (bicyclic) bond motifs is 8. The first kappa shape index (κ1) is 32.8. The molecule has 1 aliphatic heterocycles. The Morgan fingerprint density at radius 1 is 0.293 bits per heavy atom. The molecule has 272 valence electrons. The third-order valence-corrected chi connectivity index (χ3v) is 17.2. The van der Waals surface area contributed by atoms with Crippen LogP contribution < -0.4 is 25.6 Å². The van der Waals surface area contributed by atoms with Gasteiger partial charge in [0.2, 0.25) is 0 Å². The van der Waals surface area contributed by atoms with Crippen LogP contribution in [0.5, 0.6) is 0 Å². The molecule has 0 radical (unpaired) electrons. The first-order valence-electron chi connectivity index (χ1n) is 20.0. The molecule has 0 amide bonds. The van der Waals surface area contributed by atoms with Crippen molar-refractivity contribution in [2.75, 3.05) is 4.90 Å². The summed E-state index contributed by atoms with van der Waals surface area (Å²) in [5, 5.41) is 10.4. The average Bonchev–Trinajstić information content (AvgIpc) is 3.82. The van der Waals surface area contributed by atoms with Gasteiger partial charge in [0.25, 0.3) is 0 Å². The van der Waals surface area contributed by atoms with E-state index in [-0.39, 0.29) is 0 Å². The Hall–Kier alpha value is -7.40. The van der Waals surface area contributed by atoms with E-state index in [2.05, 4.69) is 238 Å². The molecule has 0 N–H and O–H groups in total. The fourth-order valence-corrected chi connectivity index (χ4v) is 15.2. The molecular weight excluding hydrogens is 719 g/mol. The Kier molecular flexibility index (Phi) is 7.25. The van der Waals surface area contributed by atoms with Crippen LogP contribution in [0.1, 0.15) is 0 Å². The summed E-state index contributed by atoms with van der Waals surface area (Å²) < 4.78 is 5.05. The molecule has 2 aromatic heterocycles. The number of rotatable bonds is 5. The van der Waals surface area contributed by atoms with Crippen LogP contribution in [0.25, 0.3) is 55.0 Å². The van der Waals surface area contributed by atoms with Crippen LogP contribution in [0.2, 0.25) is 0 Å². The third kappa shape index (κ3) is 4.55. The number of nitrogens with zero attached hydrogens (tertiary/aromatic N) is 3. The van der Waals surface area contributed by atoms with Crippen molar-refractivity contribution < 1.29 is 0 Å². The highest BCUT2D eigenvalue weighted by atomic mass is 28.3. The zero-order valence-corrected chi connectivity index (χ0v) is 32.7. The smallest absolute Gasteiger partial charge is 0.184 e. The number of anilines is 3. The summed E-state index contributed by atoms with van der Waals surface area (Å²) in [5.74, 6) is 0. The van der Waals surface area contributed by atoms with E-state index in [1.807, 2.05) is 0 Å². The van der Waals surface area contributed by atoms with E-state index in [0.29, 0.717) is 0 Å². The van der Waals surface area contributed by atoms with Gasteiger partial charge in [-0.2, -0.15) is 0 Å². The van der Waals surface area contributed by atoms with Crippen molar-refractivity contribution >= 4 is 89.5 Å². The maximum atomic E-state index is 2.56. The summed E-state index contributed by atoms with van der Waals surface area (Å²) in [6.07, 6.45) is 0. The third-order valence-electron chi connectivity index (χ3n) is 12.3. The van der Waals surface area contributed by atoms with E-state index in [4.69, 9.17) is 0 Å². The highest BCUT2D eigenvalue weighted by molar-refractivity contribution is 7.21. The lowest BCUT2D eigenvalue weighted by molar-refractivity contribution is 1.12. The van der Waals surface area contributed by atoms with E-state index in [1.165, 1.54) is 75.7 Å². The molecule has 0 bridgehead atoms. The Bertz CT molecular complexity index is 3200. The van der Waals surface area contributed by atoms with Crippen molar-refractivity contribution in [3.05, 3.63) is 224 Å². The SMILES string of the molecule is c1ccc(N2c3ccccc3[Si](c3ccccc3)(c3ccccc3)c3cc(-n4c5ccccc5c5ccccc54)cc(-n4c5ccccc5c5ccccc54)c32)cc1. The largest absolute Gasteiger partial charge is 0.309 e. The highest BCUT2D eigenvalue weighted by Gasteiger charge is 2.50. The van der Waals surface area contributed by atoms with Gasteiger partial charge >= 0.3 is 0 Å². The molecule has 0 spiro atoms. The molecule has 4 heteroatoms. The Morgan fingerprint density at radius 2 is 0.707 bits per heavy atom. The van der Waals surface area contributed by atoms with Crippen molar-refractivity contribution in [3.8, 4) is 11.4 Å². The second-order valence-corrected chi connectivity index (χ2v) is 19.0. The summed E-state index contributed by atoms with van der Waals surface area (Å²) >= 11 is 0. The topological polar surface area (TPSA) is 13.1 Å². The number of para-hydroxylation sites is 6. The summed E-state index contributed by atoms with van der Waals surface area (Å²) in [5.41, 5.74) is 10.6. The van der Waals surface area contributed by atoms with Crippen molar-refractivity contribution in [1.29, 1.82) is 0 Å². The normalized spacial score (nSPS) is 13.3. The van der Waals surface area contributed by atoms with Crippen molar-refractivity contribution in [2.45, 2.75) is 0 Å². The number of hydrogen-bond acceptors (Lipinski definition) is 1. The van der Waals surface area contributed by atoms with E-state index in [1.54, 1.807) is 0 Å². The summed E-state index contributed by atoms with van der Waals surface area (Å²) in [6, 6.07) is 83.5. The zero-order chi connectivity index (χ0) is 38.2.